The zero-order chi connectivity index (χ0) is 32.6. The smallest absolute Gasteiger partial charge is 0.303 e. The van der Waals surface area contributed by atoms with E-state index in [1.807, 2.05) is 48.5 Å². The van der Waals surface area contributed by atoms with Gasteiger partial charge in [0.2, 0.25) is 0 Å². The van der Waals surface area contributed by atoms with Gasteiger partial charge in [-0.3, -0.25) is 14.5 Å². The molecule has 0 aromatic heterocycles. The molecule has 1 amide bonds. The van der Waals surface area contributed by atoms with E-state index in [0.717, 1.165) is 65.9 Å². The third-order valence-corrected chi connectivity index (χ3v) is 9.02. The summed E-state index contributed by atoms with van der Waals surface area (Å²) in [5, 5.41) is 12.4. The van der Waals surface area contributed by atoms with Crippen molar-refractivity contribution in [3.63, 3.8) is 0 Å². The Morgan fingerprint density at radius 3 is 2.43 bits per heavy atom. The predicted molar refractivity (Wildman–Crippen MR) is 174 cm³/mol. The van der Waals surface area contributed by atoms with Crippen LogP contribution in [0.4, 0.5) is 0 Å². The molecule has 0 bridgehead atoms. The molecule has 46 heavy (non-hydrogen) atoms. The summed E-state index contributed by atoms with van der Waals surface area (Å²) >= 11 is 0. The summed E-state index contributed by atoms with van der Waals surface area (Å²) in [6.45, 7) is 7.92. The lowest BCUT2D eigenvalue weighted by atomic mass is 9.89. The highest BCUT2D eigenvalue weighted by atomic mass is 16.7. The summed E-state index contributed by atoms with van der Waals surface area (Å²) < 4.78 is 23.9. The average Bonchev–Trinajstić information content (AvgIpc) is 3.51. The number of carbonyl (C=O) groups is 2. The van der Waals surface area contributed by atoms with Crippen LogP contribution in [0.2, 0.25) is 0 Å². The maximum atomic E-state index is 12.3. The fourth-order valence-corrected chi connectivity index (χ4v) is 6.40. The number of likely N-dealkylation sites (tertiary alicyclic amines) is 1. The van der Waals surface area contributed by atoms with E-state index in [2.05, 4.69) is 41.4 Å². The zero-order valence-corrected chi connectivity index (χ0v) is 27.2. The molecule has 0 spiro atoms. The van der Waals surface area contributed by atoms with Gasteiger partial charge in [-0.15, -0.1) is 0 Å². The number of aliphatic hydroxyl groups excluding tert-OH is 1. The number of benzene rings is 3. The van der Waals surface area contributed by atoms with Crippen molar-refractivity contribution in [3.8, 4) is 11.1 Å². The highest BCUT2D eigenvalue weighted by molar-refractivity contribution is 5.82. The quantitative estimate of drug-likeness (QED) is 0.259. The van der Waals surface area contributed by atoms with Crippen molar-refractivity contribution in [1.82, 2.24) is 10.2 Å². The van der Waals surface area contributed by atoms with Crippen LogP contribution in [0.3, 0.4) is 0 Å². The fraction of sp³-hybridized carbons (Fsp3) is 0.459. The minimum absolute atomic E-state index is 0.00471. The van der Waals surface area contributed by atoms with Crippen LogP contribution < -0.4 is 5.32 Å². The standard InChI is InChI=1S/C37H46N2O7/c1-24-34(21-39-18-6-9-33(39)23-43-4)45-37(46-35(24)30-12-10-27(22-40)11-13-30)31-16-14-29(15-17-31)32-8-5-7-28(19-32)20-38-36(42)25(2)44-26(3)41/h5,7-8,10-17,19,24-25,33-35,37,40H,6,9,18,20-23H2,1-4H3,(H,38,42)/t24-,25+,33+,34+,35+,37+/m1/s1. The molecule has 6 atom stereocenters. The molecular formula is C37H46N2O7. The molecule has 9 nitrogen and oxygen atoms in total. The summed E-state index contributed by atoms with van der Waals surface area (Å²) in [5.74, 6) is -0.720. The van der Waals surface area contributed by atoms with E-state index in [9.17, 15) is 14.7 Å². The maximum Gasteiger partial charge on any atom is 0.303 e. The van der Waals surface area contributed by atoms with Crippen molar-refractivity contribution in [2.75, 3.05) is 26.8 Å². The Morgan fingerprint density at radius 1 is 1.00 bits per heavy atom. The lowest BCUT2D eigenvalue weighted by molar-refractivity contribution is -0.276. The Labute approximate surface area is 271 Å². The molecular weight excluding hydrogens is 584 g/mol. The average molecular weight is 631 g/mol. The topological polar surface area (TPSA) is 107 Å². The lowest BCUT2D eigenvalue weighted by Crippen LogP contribution is -2.46. The first-order valence-electron chi connectivity index (χ1n) is 16.1. The number of hydrogen-bond donors (Lipinski definition) is 2. The number of amides is 1. The summed E-state index contributed by atoms with van der Waals surface area (Å²) in [7, 11) is 1.76. The molecule has 9 heteroatoms. The van der Waals surface area contributed by atoms with E-state index >= 15 is 0 Å². The summed E-state index contributed by atoms with van der Waals surface area (Å²) in [5.41, 5.74) is 5.86. The highest BCUT2D eigenvalue weighted by Crippen LogP contribution is 2.42. The number of hydrogen-bond acceptors (Lipinski definition) is 8. The Balaban J connectivity index is 1.32. The van der Waals surface area contributed by atoms with E-state index in [4.69, 9.17) is 18.9 Å². The SMILES string of the molecule is COC[C@@H]1CCCN1C[C@@H]1O[C@H](c2ccc(-c3cccc(CNC(=O)[C@H](C)OC(C)=O)c3)cc2)O[C@H](c2ccc(CO)cc2)[C@@H]1C. The molecule has 0 saturated carbocycles. The molecule has 0 aliphatic carbocycles. The minimum atomic E-state index is -0.846. The van der Waals surface area contributed by atoms with Gasteiger partial charge in [-0.25, -0.2) is 0 Å². The maximum absolute atomic E-state index is 12.3. The van der Waals surface area contributed by atoms with E-state index in [1.165, 1.54) is 6.92 Å². The first-order valence-corrected chi connectivity index (χ1v) is 16.1. The summed E-state index contributed by atoms with van der Waals surface area (Å²) in [6, 6.07) is 24.6. The second kappa shape index (κ2) is 15.8. The summed E-state index contributed by atoms with van der Waals surface area (Å²) in [6.07, 6.45) is 0.681. The van der Waals surface area contributed by atoms with Gasteiger partial charge in [0.15, 0.2) is 12.4 Å². The van der Waals surface area contributed by atoms with Crippen LogP contribution in [0.5, 0.6) is 0 Å². The molecule has 0 radical (unpaired) electrons. The Bertz CT molecular complexity index is 1440. The number of esters is 1. The fourth-order valence-electron chi connectivity index (χ4n) is 6.40. The van der Waals surface area contributed by atoms with Crippen molar-refractivity contribution in [2.45, 2.75) is 77.4 Å². The van der Waals surface area contributed by atoms with Crippen molar-refractivity contribution < 1.29 is 33.6 Å². The van der Waals surface area contributed by atoms with E-state index in [1.54, 1.807) is 14.0 Å². The van der Waals surface area contributed by atoms with Gasteiger partial charge in [-0.1, -0.05) is 73.7 Å². The third-order valence-electron chi connectivity index (χ3n) is 9.02. The molecule has 246 valence electrons. The van der Waals surface area contributed by atoms with Crippen LogP contribution in [-0.2, 0) is 41.7 Å². The van der Waals surface area contributed by atoms with E-state index in [-0.39, 0.29) is 30.6 Å². The normalized spacial score (nSPS) is 24.0. The number of nitrogens with one attached hydrogen (secondary N) is 1. The Hall–Kier alpha value is -3.60. The highest BCUT2D eigenvalue weighted by Gasteiger charge is 2.40. The second-order valence-electron chi connectivity index (χ2n) is 12.4. The number of methoxy groups -OCH3 is 1. The van der Waals surface area contributed by atoms with Crippen LogP contribution in [0.25, 0.3) is 11.1 Å². The van der Waals surface area contributed by atoms with Crippen LogP contribution in [0, 0.1) is 5.92 Å². The molecule has 3 aromatic carbocycles. The number of ether oxygens (including phenoxy) is 4. The van der Waals surface area contributed by atoms with E-state index in [0.29, 0.717) is 12.6 Å². The zero-order valence-electron chi connectivity index (χ0n) is 27.2. The van der Waals surface area contributed by atoms with Crippen LogP contribution >= 0.6 is 0 Å². The van der Waals surface area contributed by atoms with Crippen LogP contribution in [0.1, 0.15) is 68.3 Å². The molecule has 2 aliphatic heterocycles. The third kappa shape index (κ3) is 8.40. The van der Waals surface area contributed by atoms with Gasteiger partial charge in [0.25, 0.3) is 5.91 Å². The first-order chi connectivity index (χ1) is 22.2. The molecule has 5 rings (SSSR count). The van der Waals surface area contributed by atoms with Crippen molar-refractivity contribution in [3.05, 3.63) is 95.1 Å². The second-order valence-corrected chi connectivity index (χ2v) is 12.4. The van der Waals surface area contributed by atoms with Gasteiger partial charge in [-0.05, 0) is 60.2 Å². The van der Waals surface area contributed by atoms with Gasteiger partial charge in [0, 0.05) is 44.6 Å². The van der Waals surface area contributed by atoms with Gasteiger partial charge in [0.1, 0.15) is 0 Å². The van der Waals surface area contributed by atoms with Crippen LogP contribution in [0.15, 0.2) is 72.8 Å². The Morgan fingerprint density at radius 2 is 1.74 bits per heavy atom. The number of carbonyl (C=O) groups excluding carboxylic acids is 2. The van der Waals surface area contributed by atoms with E-state index < -0.39 is 18.4 Å². The Kier molecular flexibility index (Phi) is 11.6. The van der Waals surface area contributed by atoms with Gasteiger partial charge < -0.3 is 29.4 Å². The monoisotopic (exact) mass is 630 g/mol. The summed E-state index contributed by atoms with van der Waals surface area (Å²) in [4.78, 5) is 26.0. The molecule has 3 aromatic rings. The van der Waals surface area contributed by atoms with Crippen LogP contribution in [-0.4, -0.2) is 66.9 Å². The first kappa shape index (κ1) is 33.8. The van der Waals surface area contributed by atoms with Gasteiger partial charge >= 0.3 is 5.97 Å². The molecule has 2 fully saturated rings. The molecule has 2 N–H and O–H groups in total. The van der Waals surface area contributed by atoms with Gasteiger partial charge in [0.05, 0.1) is 25.4 Å². The molecule has 2 saturated heterocycles. The molecule has 0 unspecified atom stereocenters. The predicted octanol–water partition coefficient (Wildman–Crippen LogP) is 5.32. The number of aliphatic hydroxyl groups is 1. The number of nitrogens with zero attached hydrogens (tertiary/aromatic N) is 1. The number of rotatable bonds is 12. The largest absolute Gasteiger partial charge is 0.453 e. The van der Waals surface area contributed by atoms with Crippen molar-refractivity contribution in [2.24, 2.45) is 5.92 Å². The minimum Gasteiger partial charge on any atom is -0.453 e. The van der Waals surface area contributed by atoms with Crippen molar-refractivity contribution >= 4 is 11.9 Å². The van der Waals surface area contributed by atoms with Gasteiger partial charge in [-0.2, -0.15) is 0 Å². The van der Waals surface area contributed by atoms with Crippen molar-refractivity contribution in [1.29, 1.82) is 0 Å². The lowest BCUT2D eigenvalue weighted by Gasteiger charge is -2.43. The molecule has 2 aliphatic rings. The molecule has 2 heterocycles.